The lowest BCUT2D eigenvalue weighted by atomic mass is 9.97. The van der Waals surface area contributed by atoms with Crippen LogP contribution in [0, 0.1) is 0 Å². The quantitative estimate of drug-likeness (QED) is 0.683. The summed E-state index contributed by atoms with van der Waals surface area (Å²) in [5, 5.41) is 13.4. The zero-order chi connectivity index (χ0) is 10.7. The van der Waals surface area contributed by atoms with Crippen molar-refractivity contribution in [2.24, 2.45) is 0 Å². The van der Waals surface area contributed by atoms with Crippen LogP contribution >= 0.6 is 0 Å². The zero-order valence-corrected chi connectivity index (χ0v) is 8.99. The van der Waals surface area contributed by atoms with E-state index in [4.69, 9.17) is 4.74 Å². The van der Waals surface area contributed by atoms with Crippen LogP contribution in [0.1, 0.15) is 19.0 Å². The van der Waals surface area contributed by atoms with Crippen molar-refractivity contribution in [3.05, 3.63) is 24.0 Å². The lowest BCUT2D eigenvalue weighted by Gasteiger charge is -2.26. The molecule has 0 radical (unpaired) electrons. The van der Waals surface area contributed by atoms with Crippen molar-refractivity contribution >= 4 is 0 Å². The van der Waals surface area contributed by atoms with Gasteiger partial charge in [0.25, 0.3) is 0 Å². The van der Waals surface area contributed by atoms with E-state index < -0.39 is 5.60 Å². The van der Waals surface area contributed by atoms with E-state index in [2.05, 4.69) is 10.3 Å². The van der Waals surface area contributed by atoms with Crippen molar-refractivity contribution in [3.63, 3.8) is 0 Å². The van der Waals surface area contributed by atoms with Crippen LogP contribution in [0.5, 0.6) is 0 Å². The van der Waals surface area contributed by atoms with Crippen LogP contribution < -0.4 is 5.32 Å². The first-order valence-corrected chi connectivity index (χ1v) is 5.38. The summed E-state index contributed by atoms with van der Waals surface area (Å²) >= 11 is 0. The number of ether oxygens (including phenoxy) is 1. The molecule has 0 aliphatic carbocycles. The van der Waals surface area contributed by atoms with Gasteiger partial charge in [0, 0.05) is 38.0 Å². The molecule has 1 aromatic rings. The molecule has 4 heteroatoms. The van der Waals surface area contributed by atoms with E-state index in [0.717, 1.165) is 12.2 Å². The molecule has 2 heterocycles. The minimum atomic E-state index is -0.702. The molecule has 84 valence electrons. The third kappa shape index (κ3) is 2.40. The lowest BCUT2D eigenvalue weighted by molar-refractivity contribution is -0.0263. The predicted molar refractivity (Wildman–Crippen MR) is 57.5 cm³/mol. The van der Waals surface area contributed by atoms with Gasteiger partial charge in [-0.2, -0.15) is 0 Å². The molecule has 1 aliphatic heterocycles. The second-order valence-electron chi connectivity index (χ2n) is 4.17. The number of rotatable bonds is 4. The molecule has 15 heavy (non-hydrogen) atoms. The van der Waals surface area contributed by atoms with Crippen molar-refractivity contribution in [2.45, 2.75) is 31.6 Å². The molecule has 2 unspecified atom stereocenters. The minimum absolute atomic E-state index is 0.0753. The summed E-state index contributed by atoms with van der Waals surface area (Å²) in [6.07, 6.45) is 2.53. The highest BCUT2D eigenvalue weighted by molar-refractivity contribution is 5.03. The van der Waals surface area contributed by atoms with Crippen LogP contribution in [0.3, 0.4) is 0 Å². The Morgan fingerprint density at radius 1 is 1.73 bits per heavy atom. The van der Waals surface area contributed by atoms with Crippen molar-refractivity contribution in [1.29, 1.82) is 0 Å². The second kappa shape index (κ2) is 4.35. The average molecular weight is 210 g/mol. The molecule has 3 N–H and O–H groups in total. The molecule has 0 spiro atoms. The van der Waals surface area contributed by atoms with Gasteiger partial charge < -0.3 is 20.1 Å². The molecule has 1 aliphatic rings. The topological polar surface area (TPSA) is 57.3 Å². The Morgan fingerprint density at radius 3 is 3.20 bits per heavy atom. The van der Waals surface area contributed by atoms with Gasteiger partial charge >= 0.3 is 0 Å². The van der Waals surface area contributed by atoms with Gasteiger partial charge in [0.05, 0.1) is 6.10 Å². The van der Waals surface area contributed by atoms with Gasteiger partial charge in [0.1, 0.15) is 5.60 Å². The number of H-pyrrole nitrogens is 1. The lowest BCUT2D eigenvalue weighted by Crippen LogP contribution is -2.45. The standard InChI is InChI=1S/C11H18N2O2/c1-9-11(14,4-6-15-9)8-12-7-10-3-2-5-13-10/h2-3,5,9,12-14H,4,6-8H2,1H3. The highest BCUT2D eigenvalue weighted by Gasteiger charge is 2.38. The van der Waals surface area contributed by atoms with Gasteiger partial charge in [-0.25, -0.2) is 0 Å². The van der Waals surface area contributed by atoms with Crippen LogP contribution in [0.4, 0.5) is 0 Å². The van der Waals surface area contributed by atoms with Gasteiger partial charge in [-0.1, -0.05) is 0 Å². The van der Waals surface area contributed by atoms with E-state index in [1.807, 2.05) is 25.3 Å². The van der Waals surface area contributed by atoms with E-state index >= 15 is 0 Å². The minimum Gasteiger partial charge on any atom is -0.386 e. The fourth-order valence-electron chi connectivity index (χ4n) is 1.89. The first-order chi connectivity index (χ1) is 7.21. The Labute approximate surface area is 89.6 Å². The molecule has 2 rings (SSSR count). The Morgan fingerprint density at radius 2 is 2.60 bits per heavy atom. The van der Waals surface area contributed by atoms with Crippen molar-refractivity contribution in [1.82, 2.24) is 10.3 Å². The van der Waals surface area contributed by atoms with E-state index in [-0.39, 0.29) is 6.10 Å². The third-order valence-corrected chi connectivity index (χ3v) is 3.07. The van der Waals surface area contributed by atoms with Crippen LogP contribution in [0.15, 0.2) is 18.3 Å². The highest BCUT2D eigenvalue weighted by atomic mass is 16.5. The first kappa shape index (κ1) is 10.7. The van der Waals surface area contributed by atoms with Crippen LogP contribution in [0.2, 0.25) is 0 Å². The fourth-order valence-corrected chi connectivity index (χ4v) is 1.89. The van der Waals surface area contributed by atoms with Gasteiger partial charge in [0.2, 0.25) is 0 Å². The SMILES string of the molecule is CC1OCCC1(O)CNCc1ccc[nH]1. The van der Waals surface area contributed by atoms with E-state index in [1.54, 1.807) is 0 Å². The third-order valence-electron chi connectivity index (χ3n) is 3.07. The fraction of sp³-hybridized carbons (Fsp3) is 0.636. The number of aliphatic hydroxyl groups is 1. The maximum Gasteiger partial charge on any atom is 0.105 e. The highest BCUT2D eigenvalue weighted by Crippen LogP contribution is 2.24. The summed E-state index contributed by atoms with van der Waals surface area (Å²) in [5.74, 6) is 0. The van der Waals surface area contributed by atoms with Gasteiger partial charge in [-0.3, -0.25) is 0 Å². The van der Waals surface area contributed by atoms with Crippen molar-refractivity contribution in [2.75, 3.05) is 13.2 Å². The number of hydrogen-bond acceptors (Lipinski definition) is 3. The normalized spacial score (nSPS) is 30.9. The summed E-state index contributed by atoms with van der Waals surface area (Å²) in [4.78, 5) is 3.11. The Hall–Kier alpha value is -0.840. The first-order valence-electron chi connectivity index (χ1n) is 5.38. The van der Waals surface area contributed by atoms with E-state index in [1.165, 1.54) is 0 Å². The molecule has 1 saturated heterocycles. The monoisotopic (exact) mass is 210 g/mol. The molecular weight excluding hydrogens is 192 g/mol. The predicted octanol–water partition coefficient (Wildman–Crippen LogP) is 0.644. The van der Waals surface area contributed by atoms with Crippen LogP contribution in [0.25, 0.3) is 0 Å². The Kier molecular flexibility index (Phi) is 3.09. The maximum atomic E-state index is 10.2. The molecule has 2 atom stereocenters. The largest absolute Gasteiger partial charge is 0.386 e. The summed E-state index contributed by atoms with van der Waals surface area (Å²) in [7, 11) is 0. The van der Waals surface area contributed by atoms with Crippen LogP contribution in [-0.2, 0) is 11.3 Å². The molecule has 0 saturated carbocycles. The Balaban J connectivity index is 1.78. The van der Waals surface area contributed by atoms with Crippen molar-refractivity contribution in [3.8, 4) is 0 Å². The molecule has 4 nitrogen and oxygen atoms in total. The molecular formula is C11H18N2O2. The zero-order valence-electron chi connectivity index (χ0n) is 8.99. The van der Waals surface area contributed by atoms with Gasteiger partial charge in [-0.05, 0) is 19.1 Å². The van der Waals surface area contributed by atoms with Gasteiger partial charge in [0.15, 0.2) is 0 Å². The molecule has 0 amide bonds. The maximum absolute atomic E-state index is 10.2. The summed E-state index contributed by atoms with van der Waals surface area (Å²) in [6, 6.07) is 3.98. The number of nitrogens with one attached hydrogen (secondary N) is 2. The summed E-state index contributed by atoms with van der Waals surface area (Å²) < 4.78 is 5.36. The molecule has 0 aromatic carbocycles. The number of hydrogen-bond donors (Lipinski definition) is 3. The summed E-state index contributed by atoms with van der Waals surface area (Å²) in [6.45, 7) is 3.90. The molecule has 1 fully saturated rings. The van der Waals surface area contributed by atoms with Crippen molar-refractivity contribution < 1.29 is 9.84 Å². The second-order valence-corrected chi connectivity index (χ2v) is 4.17. The number of aromatic amines is 1. The molecule has 1 aromatic heterocycles. The molecule has 0 bridgehead atoms. The smallest absolute Gasteiger partial charge is 0.105 e. The Bertz CT molecular complexity index is 300. The van der Waals surface area contributed by atoms with E-state index in [9.17, 15) is 5.11 Å². The van der Waals surface area contributed by atoms with E-state index in [0.29, 0.717) is 19.6 Å². The number of aromatic nitrogens is 1. The summed E-state index contributed by atoms with van der Waals surface area (Å²) in [5.41, 5.74) is 0.428. The van der Waals surface area contributed by atoms with Gasteiger partial charge in [-0.15, -0.1) is 0 Å². The van der Waals surface area contributed by atoms with Crippen LogP contribution in [-0.4, -0.2) is 34.9 Å². The average Bonchev–Trinajstić information content (AvgIpc) is 2.79.